The molecule has 0 unspecified atom stereocenters. The number of nitrogens with one attached hydrogen (secondary N) is 2. The third kappa shape index (κ3) is 3.35. The highest BCUT2D eigenvalue weighted by Gasteiger charge is 2.10. The van der Waals surface area contributed by atoms with Crippen LogP contribution >= 0.6 is 0 Å². The van der Waals surface area contributed by atoms with E-state index >= 15 is 0 Å². The van der Waals surface area contributed by atoms with Gasteiger partial charge in [0.2, 0.25) is 0 Å². The van der Waals surface area contributed by atoms with E-state index in [4.69, 9.17) is 0 Å². The Morgan fingerprint density at radius 1 is 0.263 bits per heavy atom. The molecule has 0 aliphatic rings. The Balaban J connectivity index is 1.22. The van der Waals surface area contributed by atoms with Crippen molar-refractivity contribution in [3.05, 3.63) is 133 Å². The summed E-state index contributed by atoms with van der Waals surface area (Å²) >= 11 is 0. The van der Waals surface area contributed by atoms with E-state index in [1.807, 2.05) is 0 Å². The lowest BCUT2D eigenvalue weighted by atomic mass is 9.98. The molecule has 0 aliphatic heterocycles. The van der Waals surface area contributed by atoms with Crippen molar-refractivity contribution >= 4 is 43.6 Å². The molecule has 0 amide bonds. The number of hydrogen-bond donors (Lipinski definition) is 2. The van der Waals surface area contributed by atoms with Crippen LogP contribution in [-0.2, 0) is 0 Å². The lowest BCUT2D eigenvalue weighted by Crippen LogP contribution is -1.81. The molecule has 0 saturated heterocycles. The molecule has 178 valence electrons. The summed E-state index contributed by atoms with van der Waals surface area (Å²) in [5, 5.41) is 5.03. The average Bonchev–Trinajstić information content (AvgIpc) is 3.54. The van der Waals surface area contributed by atoms with Gasteiger partial charge in [0.05, 0.1) is 0 Å². The van der Waals surface area contributed by atoms with Crippen LogP contribution in [0.25, 0.3) is 77.0 Å². The topological polar surface area (TPSA) is 31.6 Å². The summed E-state index contributed by atoms with van der Waals surface area (Å²) in [5.41, 5.74) is 12.0. The fourth-order valence-corrected chi connectivity index (χ4v) is 5.77. The first kappa shape index (κ1) is 21.0. The lowest BCUT2D eigenvalue weighted by molar-refractivity contribution is 1.54. The van der Waals surface area contributed by atoms with Gasteiger partial charge in [-0.15, -0.1) is 0 Å². The summed E-state index contributed by atoms with van der Waals surface area (Å²) in [7, 11) is 0. The predicted octanol–water partition coefficient (Wildman–Crippen LogP) is 9.96. The minimum absolute atomic E-state index is 1.16. The molecule has 0 spiro atoms. The van der Waals surface area contributed by atoms with Gasteiger partial charge < -0.3 is 9.97 Å². The second-order valence-corrected chi connectivity index (χ2v) is 10.0. The van der Waals surface area contributed by atoms with Crippen molar-refractivity contribution in [2.45, 2.75) is 0 Å². The first-order valence-corrected chi connectivity index (χ1v) is 13.0. The largest absolute Gasteiger partial charge is 0.355 e. The molecule has 2 heteroatoms. The first-order valence-electron chi connectivity index (χ1n) is 13.0. The smallest absolute Gasteiger partial charge is 0.0465 e. The maximum atomic E-state index is 3.61. The standard InChI is InChI=1S/C36H24N2/c1-2-6-23(7-3-1)24-10-12-25(13-11-24)26-14-17-35-31(20-26)32-22-28(16-19-36(32)38-35)27-15-18-34-30(21-27)29-8-4-5-9-33(29)37-34/h1-22,37-38H. The molecule has 2 heterocycles. The summed E-state index contributed by atoms with van der Waals surface area (Å²) in [6, 6.07) is 48.1. The molecular weight excluding hydrogens is 460 g/mol. The molecule has 0 aliphatic carbocycles. The Morgan fingerprint density at radius 2 is 0.632 bits per heavy atom. The fourth-order valence-electron chi connectivity index (χ4n) is 5.77. The van der Waals surface area contributed by atoms with E-state index in [1.54, 1.807) is 0 Å². The minimum atomic E-state index is 1.16. The van der Waals surface area contributed by atoms with Gasteiger partial charge in [-0.3, -0.25) is 0 Å². The zero-order valence-electron chi connectivity index (χ0n) is 20.7. The van der Waals surface area contributed by atoms with Crippen LogP contribution < -0.4 is 0 Å². The van der Waals surface area contributed by atoms with Crippen LogP contribution in [0, 0.1) is 0 Å². The summed E-state index contributed by atoms with van der Waals surface area (Å²) in [6.07, 6.45) is 0. The van der Waals surface area contributed by atoms with E-state index in [0.717, 1.165) is 11.0 Å². The van der Waals surface area contributed by atoms with Crippen molar-refractivity contribution in [1.82, 2.24) is 9.97 Å². The van der Waals surface area contributed by atoms with Crippen molar-refractivity contribution in [2.24, 2.45) is 0 Å². The van der Waals surface area contributed by atoms with Crippen LogP contribution in [0.1, 0.15) is 0 Å². The third-order valence-electron chi connectivity index (χ3n) is 7.76. The van der Waals surface area contributed by atoms with Gasteiger partial charge >= 0.3 is 0 Å². The van der Waals surface area contributed by atoms with Gasteiger partial charge in [-0.05, 0) is 75.8 Å². The zero-order chi connectivity index (χ0) is 25.1. The molecule has 0 saturated carbocycles. The van der Waals surface area contributed by atoms with Crippen molar-refractivity contribution in [3.63, 3.8) is 0 Å². The molecule has 0 atom stereocenters. The molecule has 2 nitrogen and oxygen atoms in total. The molecule has 6 aromatic carbocycles. The third-order valence-corrected chi connectivity index (χ3v) is 7.76. The van der Waals surface area contributed by atoms with Gasteiger partial charge in [-0.2, -0.15) is 0 Å². The van der Waals surface area contributed by atoms with E-state index in [2.05, 4.69) is 143 Å². The lowest BCUT2D eigenvalue weighted by Gasteiger charge is -2.06. The molecule has 8 aromatic rings. The Bertz CT molecular complexity index is 2110. The van der Waals surface area contributed by atoms with E-state index < -0.39 is 0 Å². The molecule has 2 aromatic heterocycles. The Labute approximate surface area is 220 Å². The van der Waals surface area contributed by atoms with Gasteiger partial charge in [0, 0.05) is 43.6 Å². The second-order valence-electron chi connectivity index (χ2n) is 10.0. The van der Waals surface area contributed by atoms with Gasteiger partial charge in [0.15, 0.2) is 0 Å². The number of benzene rings is 6. The number of aromatic amines is 2. The van der Waals surface area contributed by atoms with Crippen LogP contribution in [0.5, 0.6) is 0 Å². The minimum Gasteiger partial charge on any atom is -0.355 e. The first-order chi connectivity index (χ1) is 18.8. The number of hydrogen-bond acceptors (Lipinski definition) is 0. The molecule has 38 heavy (non-hydrogen) atoms. The molecule has 0 bridgehead atoms. The monoisotopic (exact) mass is 484 g/mol. The summed E-state index contributed by atoms with van der Waals surface area (Å²) in [5.74, 6) is 0. The normalized spacial score (nSPS) is 11.7. The van der Waals surface area contributed by atoms with Crippen molar-refractivity contribution in [1.29, 1.82) is 0 Å². The molecule has 2 N–H and O–H groups in total. The summed E-state index contributed by atoms with van der Waals surface area (Å²) in [6.45, 7) is 0. The Hall–Kier alpha value is -5.08. The second kappa shape index (κ2) is 8.22. The number of aromatic nitrogens is 2. The Kier molecular flexibility index (Phi) is 4.55. The molecule has 0 fully saturated rings. The van der Waals surface area contributed by atoms with Crippen molar-refractivity contribution in [2.75, 3.05) is 0 Å². The van der Waals surface area contributed by atoms with Gasteiger partial charge in [-0.25, -0.2) is 0 Å². The maximum absolute atomic E-state index is 3.61. The number of para-hydroxylation sites is 1. The maximum Gasteiger partial charge on any atom is 0.0465 e. The Morgan fingerprint density at radius 3 is 1.21 bits per heavy atom. The highest BCUT2D eigenvalue weighted by molar-refractivity contribution is 6.11. The van der Waals surface area contributed by atoms with Gasteiger partial charge in [0.25, 0.3) is 0 Å². The predicted molar refractivity (Wildman–Crippen MR) is 161 cm³/mol. The van der Waals surface area contributed by atoms with E-state index in [1.165, 1.54) is 66.0 Å². The molecular formula is C36H24N2. The fraction of sp³-hybridized carbons (Fsp3) is 0. The van der Waals surface area contributed by atoms with Crippen molar-refractivity contribution in [3.8, 4) is 33.4 Å². The number of H-pyrrole nitrogens is 2. The molecule has 8 rings (SSSR count). The van der Waals surface area contributed by atoms with E-state index in [0.29, 0.717) is 0 Å². The van der Waals surface area contributed by atoms with Crippen LogP contribution in [0.4, 0.5) is 0 Å². The van der Waals surface area contributed by atoms with E-state index in [9.17, 15) is 0 Å². The summed E-state index contributed by atoms with van der Waals surface area (Å²) in [4.78, 5) is 7.15. The van der Waals surface area contributed by atoms with Crippen LogP contribution in [-0.4, -0.2) is 9.97 Å². The molecule has 0 radical (unpaired) electrons. The quantitative estimate of drug-likeness (QED) is 0.250. The van der Waals surface area contributed by atoms with Crippen LogP contribution in [0.3, 0.4) is 0 Å². The highest BCUT2D eigenvalue weighted by atomic mass is 14.7. The highest BCUT2D eigenvalue weighted by Crippen LogP contribution is 2.35. The average molecular weight is 485 g/mol. The van der Waals surface area contributed by atoms with Gasteiger partial charge in [-0.1, -0.05) is 91.0 Å². The zero-order valence-corrected chi connectivity index (χ0v) is 20.7. The number of rotatable bonds is 3. The van der Waals surface area contributed by atoms with Crippen LogP contribution in [0.2, 0.25) is 0 Å². The number of fused-ring (bicyclic) bond motifs is 6. The van der Waals surface area contributed by atoms with Crippen LogP contribution in [0.15, 0.2) is 133 Å². The summed E-state index contributed by atoms with van der Waals surface area (Å²) < 4.78 is 0. The van der Waals surface area contributed by atoms with Crippen molar-refractivity contribution < 1.29 is 0 Å². The van der Waals surface area contributed by atoms with Gasteiger partial charge in [0.1, 0.15) is 0 Å². The SMILES string of the molecule is c1ccc(-c2ccc(-c3ccc4[nH]c5ccc(-c6ccc7[nH]c8ccccc8c7c6)cc5c4c3)cc2)cc1. The van der Waals surface area contributed by atoms with E-state index in [-0.39, 0.29) is 0 Å².